The second kappa shape index (κ2) is 8.91. The molecule has 0 bridgehead atoms. The first-order valence-electron chi connectivity index (χ1n) is 9.29. The summed E-state index contributed by atoms with van der Waals surface area (Å²) in [5.74, 6) is 0.307. The van der Waals surface area contributed by atoms with Crippen molar-refractivity contribution in [3.8, 4) is 11.8 Å². The van der Waals surface area contributed by atoms with Crippen molar-refractivity contribution in [3.05, 3.63) is 54.0 Å². The summed E-state index contributed by atoms with van der Waals surface area (Å²) in [4.78, 5) is 12.6. The molecule has 2 aromatic heterocycles. The van der Waals surface area contributed by atoms with Crippen molar-refractivity contribution < 1.29 is 22.7 Å². The maximum Gasteiger partial charge on any atom is 0.422 e. The molecule has 0 saturated heterocycles. The zero-order valence-electron chi connectivity index (χ0n) is 16.6. The molecule has 1 atom stereocenters. The van der Waals surface area contributed by atoms with Crippen molar-refractivity contribution in [3.63, 3.8) is 0 Å². The van der Waals surface area contributed by atoms with Crippen LogP contribution in [0.5, 0.6) is 5.75 Å². The first-order valence-corrected chi connectivity index (χ1v) is 9.29. The van der Waals surface area contributed by atoms with Crippen LogP contribution in [0, 0.1) is 17.2 Å². The molecule has 11 heteroatoms. The number of amides is 2. The molecule has 2 heterocycles. The van der Waals surface area contributed by atoms with Crippen LogP contribution >= 0.6 is 0 Å². The molecule has 8 nitrogen and oxygen atoms in total. The largest absolute Gasteiger partial charge is 0.483 e. The van der Waals surface area contributed by atoms with E-state index >= 15 is 0 Å². The number of hydrogen-bond acceptors (Lipinski definition) is 5. The Morgan fingerprint density at radius 3 is 2.71 bits per heavy atom. The monoisotopic (exact) mass is 432 g/mol. The zero-order chi connectivity index (χ0) is 22.6. The van der Waals surface area contributed by atoms with E-state index in [9.17, 15) is 23.2 Å². The Balaban J connectivity index is 1.73. The van der Waals surface area contributed by atoms with E-state index in [2.05, 4.69) is 25.6 Å². The van der Waals surface area contributed by atoms with Crippen LogP contribution in [-0.2, 0) is 0 Å². The zero-order valence-corrected chi connectivity index (χ0v) is 16.6. The Morgan fingerprint density at radius 2 is 2.03 bits per heavy atom. The fourth-order valence-electron chi connectivity index (χ4n) is 2.89. The van der Waals surface area contributed by atoms with E-state index in [-0.39, 0.29) is 22.9 Å². The quantitative estimate of drug-likeness (QED) is 0.611. The number of fused-ring (bicyclic) bond motifs is 1. The average molecular weight is 432 g/mol. The standard InChI is InChI=1S/C20H19F3N6O2/c1-12(2)17(18-28-27-16-5-3-4-8-29(16)18)26-19(30)25-14-6-7-15(13(9-14)10-24)31-11-20(21,22)23/h3-9,12,17H,11H2,1-2H3,(H2,25,26,30). The van der Waals surface area contributed by atoms with Gasteiger partial charge in [0.25, 0.3) is 0 Å². The van der Waals surface area contributed by atoms with Crippen LogP contribution in [0.3, 0.4) is 0 Å². The van der Waals surface area contributed by atoms with Gasteiger partial charge in [-0.25, -0.2) is 4.79 Å². The SMILES string of the molecule is CC(C)C(NC(=O)Nc1ccc(OCC(F)(F)F)c(C#N)c1)c1nnc2ccccn12. The molecule has 0 aliphatic carbocycles. The summed E-state index contributed by atoms with van der Waals surface area (Å²) < 4.78 is 43.4. The first-order chi connectivity index (χ1) is 14.7. The summed E-state index contributed by atoms with van der Waals surface area (Å²) in [6.07, 6.45) is -2.74. The van der Waals surface area contributed by atoms with Crippen LogP contribution in [0.2, 0.25) is 0 Å². The van der Waals surface area contributed by atoms with Gasteiger partial charge in [0.05, 0.1) is 11.6 Å². The normalized spacial score (nSPS) is 12.4. The molecule has 0 radical (unpaired) electrons. The van der Waals surface area contributed by atoms with Gasteiger partial charge in [-0.3, -0.25) is 4.40 Å². The smallest absolute Gasteiger partial charge is 0.422 e. The number of ether oxygens (including phenoxy) is 1. The fraction of sp³-hybridized carbons (Fsp3) is 0.300. The Bertz CT molecular complexity index is 1120. The van der Waals surface area contributed by atoms with E-state index in [1.165, 1.54) is 18.2 Å². The summed E-state index contributed by atoms with van der Waals surface area (Å²) in [5.41, 5.74) is 0.728. The molecule has 0 fully saturated rings. The van der Waals surface area contributed by atoms with Crippen molar-refractivity contribution in [2.75, 3.05) is 11.9 Å². The Labute approximate surface area is 175 Å². The highest BCUT2D eigenvalue weighted by molar-refractivity contribution is 5.89. The van der Waals surface area contributed by atoms with Crippen LogP contribution in [0.25, 0.3) is 5.65 Å². The molecule has 3 aromatic rings. The predicted molar refractivity (Wildman–Crippen MR) is 105 cm³/mol. The van der Waals surface area contributed by atoms with E-state index in [0.29, 0.717) is 11.5 Å². The highest BCUT2D eigenvalue weighted by Crippen LogP contribution is 2.25. The lowest BCUT2D eigenvalue weighted by molar-refractivity contribution is -0.153. The molecule has 1 unspecified atom stereocenters. The second-order valence-corrected chi connectivity index (χ2v) is 7.03. The fourth-order valence-corrected chi connectivity index (χ4v) is 2.89. The lowest BCUT2D eigenvalue weighted by Crippen LogP contribution is -2.36. The van der Waals surface area contributed by atoms with E-state index in [0.717, 1.165) is 0 Å². The number of nitrogens with one attached hydrogen (secondary N) is 2. The third-order valence-electron chi connectivity index (χ3n) is 4.32. The summed E-state index contributed by atoms with van der Waals surface area (Å²) in [5, 5.41) is 22.9. The molecule has 2 amide bonds. The minimum atomic E-state index is -4.53. The summed E-state index contributed by atoms with van der Waals surface area (Å²) in [7, 11) is 0. The highest BCUT2D eigenvalue weighted by atomic mass is 19.4. The van der Waals surface area contributed by atoms with E-state index in [4.69, 9.17) is 0 Å². The lowest BCUT2D eigenvalue weighted by Gasteiger charge is -2.21. The molecule has 0 aliphatic rings. The summed E-state index contributed by atoms with van der Waals surface area (Å²) in [6, 6.07) is 9.95. The van der Waals surface area contributed by atoms with Gasteiger partial charge in [-0.2, -0.15) is 18.4 Å². The number of nitrogens with zero attached hydrogens (tertiary/aromatic N) is 4. The Morgan fingerprint density at radius 1 is 1.26 bits per heavy atom. The molecular formula is C20H19F3N6O2. The van der Waals surface area contributed by atoms with Gasteiger partial charge >= 0.3 is 12.2 Å². The molecular weight excluding hydrogens is 413 g/mol. The molecule has 3 rings (SSSR count). The van der Waals surface area contributed by atoms with Crippen LogP contribution in [0.15, 0.2) is 42.6 Å². The highest BCUT2D eigenvalue weighted by Gasteiger charge is 2.29. The molecule has 31 heavy (non-hydrogen) atoms. The number of pyridine rings is 1. The van der Waals surface area contributed by atoms with Crippen molar-refractivity contribution >= 4 is 17.4 Å². The van der Waals surface area contributed by atoms with Crippen LogP contribution < -0.4 is 15.4 Å². The van der Waals surface area contributed by atoms with Crippen molar-refractivity contribution in [2.24, 2.45) is 5.92 Å². The lowest BCUT2D eigenvalue weighted by atomic mass is 10.0. The number of nitriles is 1. The Hall–Kier alpha value is -3.81. The van der Waals surface area contributed by atoms with Gasteiger partial charge in [-0.15, -0.1) is 10.2 Å². The molecule has 0 spiro atoms. The van der Waals surface area contributed by atoms with Gasteiger partial charge < -0.3 is 15.4 Å². The van der Waals surface area contributed by atoms with Gasteiger partial charge in [-0.05, 0) is 36.2 Å². The molecule has 1 aromatic carbocycles. The van der Waals surface area contributed by atoms with Crippen LogP contribution in [-0.4, -0.2) is 33.4 Å². The number of alkyl halides is 3. The van der Waals surface area contributed by atoms with Crippen molar-refractivity contribution in [1.82, 2.24) is 19.9 Å². The maximum atomic E-state index is 12.6. The Kier molecular flexibility index (Phi) is 6.29. The number of anilines is 1. The molecule has 0 saturated carbocycles. The van der Waals surface area contributed by atoms with Gasteiger partial charge in [0, 0.05) is 11.9 Å². The van der Waals surface area contributed by atoms with E-state index < -0.39 is 24.9 Å². The van der Waals surface area contributed by atoms with Gasteiger partial charge in [0.15, 0.2) is 18.1 Å². The predicted octanol–water partition coefficient (Wildman–Crippen LogP) is 4.06. The minimum absolute atomic E-state index is 0.0221. The summed E-state index contributed by atoms with van der Waals surface area (Å²) >= 11 is 0. The van der Waals surface area contributed by atoms with Crippen LogP contribution in [0.4, 0.5) is 23.7 Å². The van der Waals surface area contributed by atoms with E-state index in [1.807, 2.05) is 26.0 Å². The topological polar surface area (TPSA) is 104 Å². The number of hydrogen-bond donors (Lipinski definition) is 2. The van der Waals surface area contributed by atoms with Crippen molar-refractivity contribution in [2.45, 2.75) is 26.1 Å². The van der Waals surface area contributed by atoms with E-state index in [1.54, 1.807) is 22.7 Å². The average Bonchev–Trinajstić information content (AvgIpc) is 3.14. The van der Waals surface area contributed by atoms with Crippen LogP contribution in [0.1, 0.15) is 31.3 Å². The minimum Gasteiger partial charge on any atom is -0.483 e. The number of aromatic nitrogens is 3. The van der Waals surface area contributed by atoms with Gasteiger partial charge in [0.2, 0.25) is 0 Å². The number of urea groups is 1. The first kappa shape index (κ1) is 21.9. The third kappa shape index (κ3) is 5.42. The molecule has 0 aliphatic heterocycles. The van der Waals surface area contributed by atoms with Gasteiger partial charge in [-0.1, -0.05) is 19.9 Å². The number of benzene rings is 1. The summed E-state index contributed by atoms with van der Waals surface area (Å²) in [6.45, 7) is 2.31. The number of carbonyl (C=O) groups excluding carboxylic acids is 1. The number of carbonyl (C=O) groups is 1. The number of halogens is 3. The second-order valence-electron chi connectivity index (χ2n) is 7.03. The molecule has 2 N–H and O–H groups in total. The maximum absolute atomic E-state index is 12.6. The van der Waals surface area contributed by atoms with Crippen molar-refractivity contribution in [1.29, 1.82) is 5.26 Å². The van der Waals surface area contributed by atoms with Gasteiger partial charge in [0.1, 0.15) is 11.8 Å². The molecule has 162 valence electrons. The third-order valence-corrected chi connectivity index (χ3v) is 4.32. The number of rotatable bonds is 6.